The average Bonchev–Trinajstić information content (AvgIpc) is 2.40. The number of esters is 2. The summed E-state index contributed by atoms with van der Waals surface area (Å²) in [5, 5.41) is 11.3. The molecule has 0 spiro atoms. The molecule has 0 aromatic rings. The fourth-order valence-corrected chi connectivity index (χ4v) is 2.03. The van der Waals surface area contributed by atoms with Crippen molar-refractivity contribution in [2.45, 2.75) is 24.9 Å². The standard InChI is InChI=1S/C11H16N2O7/c1-6-11(9(16)20-3,5-13(6)10(17)18)12-7(14)4-8(15)19-2/h6H,4-5H2,1-3H3,(H,12,14)(H,17,18). The molecule has 0 bridgehead atoms. The highest BCUT2D eigenvalue weighted by Crippen LogP contribution is 2.30. The van der Waals surface area contributed by atoms with Crippen LogP contribution in [-0.4, -0.2) is 66.3 Å². The van der Waals surface area contributed by atoms with Crippen LogP contribution in [0.15, 0.2) is 0 Å². The maximum atomic E-state index is 11.8. The average molecular weight is 288 g/mol. The van der Waals surface area contributed by atoms with Crippen molar-refractivity contribution in [3.8, 4) is 0 Å². The molecular formula is C11H16N2O7. The van der Waals surface area contributed by atoms with Gasteiger partial charge in [0.15, 0.2) is 5.54 Å². The van der Waals surface area contributed by atoms with Crippen molar-refractivity contribution in [1.82, 2.24) is 10.2 Å². The fraction of sp³-hybridized carbons (Fsp3) is 0.636. The summed E-state index contributed by atoms with van der Waals surface area (Å²) in [5.41, 5.74) is -1.47. The Kier molecular flexibility index (Phi) is 4.53. The van der Waals surface area contributed by atoms with Gasteiger partial charge < -0.3 is 19.9 Å². The number of ether oxygens (including phenoxy) is 2. The molecule has 0 saturated carbocycles. The number of carboxylic acid groups (broad SMARTS) is 1. The zero-order chi connectivity index (χ0) is 15.5. The summed E-state index contributed by atoms with van der Waals surface area (Å²) in [5.74, 6) is -2.26. The maximum absolute atomic E-state index is 11.8. The SMILES string of the molecule is COC(=O)CC(=O)NC1(C(=O)OC)CN(C(=O)O)C1C. The van der Waals surface area contributed by atoms with Crippen LogP contribution in [0, 0.1) is 0 Å². The molecule has 2 atom stereocenters. The van der Waals surface area contributed by atoms with E-state index in [9.17, 15) is 19.2 Å². The molecular weight excluding hydrogens is 272 g/mol. The lowest BCUT2D eigenvalue weighted by Gasteiger charge is -2.52. The summed E-state index contributed by atoms with van der Waals surface area (Å²) >= 11 is 0. The van der Waals surface area contributed by atoms with Gasteiger partial charge in [-0.15, -0.1) is 0 Å². The van der Waals surface area contributed by atoms with Crippen molar-refractivity contribution in [3.05, 3.63) is 0 Å². The molecule has 1 saturated heterocycles. The van der Waals surface area contributed by atoms with Crippen LogP contribution in [0.3, 0.4) is 0 Å². The van der Waals surface area contributed by atoms with Crippen LogP contribution in [0.2, 0.25) is 0 Å². The quantitative estimate of drug-likeness (QED) is 0.500. The van der Waals surface area contributed by atoms with Crippen molar-refractivity contribution < 1.29 is 33.8 Å². The van der Waals surface area contributed by atoms with E-state index in [1.165, 1.54) is 6.92 Å². The number of amides is 2. The van der Waals surface area contributed by atoms with Crippen LogP contribution < -0.4 is 5.32 Å². The Morgan fingerprint density at radius 3 is 2.30 bits per heavy atom. The second-order valence-electron chi connectivity index (χ2n) is 4.35. The van der Waals surface area contributed by atoms with Crippen LogP contribution in [-0.2, 0) is 23.9 Å². The Labute approximate surface area is 114 Å². The van der Waals surface area contributed by atoms with Crippen molar-refractivity contribution in [2.24, 2.45) is 0 Å². The molecule has 0 aromatic carbocycles. The molecule has 2 amide bonds. The minimum absolute atomic E-state index is 0.233. The van der Waals surface area contributed by atoms with E-state index < -0.39 is 41.9 Å². The molecule has 9 nitrogen and oxygen atoms in total. The molecule has 1 heterocycles. The van der Waals surface area contributed by atoms with Gasteiger partial charge in [-0.3, -0.25) is 14.5 Å². The summed E-state index contributed by atoms with van der Waals surface area (Å²) in [4.78, 5) is 46.4. The van der Waals surface area contributed by atoms with Gasteiger partial charge >= 0.3 is 18.0 Å². The normalized spacial score (nSPS) is 24.4. The highest BCUT2D eigenvalue weighted by Gasteiger charge is 2.59. The number of hydrogen-bond donors (Lipinski definition) is 2. The van der Waals surface area contributed by atoms with E-state index in [4.69, 9.17) is 5.11 Å². The Morgan fingerprint density at radius 2 is 1.90 bits per heavy atom. The molecule has 1 rings (SSSR count). The Bertz CT molecular complexity index is 450. The number of nitrogens with one attached hydrogen (secondary N) is 1. The molecule has 0 aliphatic carbocycles. The number of carbonyl (C=O) groups excluding carboxylic acids is 3. The number of nitrogens with zero attached hydrogens (tertiary/aromatic N) is 1. The summed E-state index contributed by atoms with van der Waals surface area (Å²) in [7, 11) is 2.26. The monoisotopic (exact) mass is 288 g/mol. The van der Waals surface area contributed by atoms with Gasteiger partial charge in [-0.05, 0) is 6.92 Å². The summed E-state index contributed by atoms with van der Waals surface area (Å²) < 4.78 is 8.94. The second-order valence-corrected chi connectivity index (χ2v) is 4.35. The van der Waals surface area contributed by atoms with E-state index in [1.807, 2.05) is 0 Å². The predicted molar refractivity (Wildman–Crippen MR) is 63.7 cm³/mol. The van der Waals surface area contributed by atoms with E-state index in [0.29, 0.717) is 0 Å². The van der Waals surface area contributed by atoms with E-state index in [2.05, 4.69) is 14.8 Å². The zero-order valence-corrected chi connectivity index (χ0v) is 11.3. The van der Waals surface area contributed by atoms with Gasteiger partial charge in [0.2, 0.25) is 5.91 Å². The minimum atomic E-state index is -1.47. The topological polar surface area (TPSA) is 122 Å². The van der Waals surface area contributed by atoms with Gasteiger partial charge in [0.25, 0.3) is 0 Å². The van der Waals surface area contributed by atoms with E-state index in [-0.39, 0.29) is 6.54 Å². The zero-order valence-electron chi connectivity index (χ0n) is 11.3. The number of methoxy groups -OCH3 is 2. The van der Waals surface area contributed by atoms with Gasteiger partial charge in [0, 0.05) is 0 Å². The lowest BCUT2D eigenvalue weighted by molar-refractivity contribution is -0.164. The summed E-state index contributed by atoms with van der Waals surface area (Å²) in [6, 6.07) is -0.797. The van der Waals surface area contributed by atoms with Crippen LogP contribution in [0.4, 0.5) is 4.79 Å². The van der Waals surface area contributed by atoms with Crippen molar-refractivity contribution >= 4 is 23.9 Å². The van der Waals surface area contributed by atoms with E-state index >= 15 is 0 Å². The molecule has 1 aliphatic rings. The minimum Gasteiger partial charge on any atom is -0.469 e. The van der Waals surface area contributed by atoms with Gasteiger partial charge in [-0.1, -0.05) is 0 Å². The van der Waals surface area contributed by atoms with Crippen molar-refractivity contribution in [3.63, 3.8) is 0 Å². The molecule has 1 aliphatic heterocycles. The first kappa shape index (κ1) is 15.7. The molecule has 2 N–H and O–H groups in total. The molecule has 1 fully saturated rings. The highest BCUT2D eigenvalue weighted by molar-refractivity contribution is 5.98. The number of rotatable bonds is 4. The second kappa shape index (κ2) is 5.76. The highest BCUT2D eigenvalue weighted by atomic mass is 16.5. The third-order valence-electron chi connectivity index (χ3n) is 3.29. The predicted octanol–water partition coefficient (Wildman–Crippen LogP) is -1.04. The third-order valence-corrected chi connectivity index (χ3v) is 3.29. The smallest absolute Gasteiger partial charge is 0.407 e. The van der Waals surface area contributed by atoms with Crippen LogP contribution in [0.5, 0.6) is 0 Å². The lowest BCUT2D eigenvalue weighted by atomic mass is 9.80. The molecule has 0 radical (unpaired) electrons. The largest absolute Gasteiger partial charge is 0.469 e. The number of carbonyl (C=O) groups is 4. The molecule has 0 aromatic heterocycles. The van der Waals surface area contributed by atoms with Gasteiger partial charge in [0.05, 0.1) is 26.8 Å². The molecule has 9 heteroatoms. The fourth-order valence-electron chi connectivity index (χ4n) is 2.03. The maximum Gasteiger partial charge on any atom is 0.407 e. The lowest BCUT2D eigenvalue weighted by Crippen LogP contribution is -2.80. The van der Waals surface area contributed by atoms with Crippen LogP contribution >= 0.6 is 0 Å². The van der Waals surface area contributed by atoms with Crippen LogP contribution in [0.1, 0.15) is 13.3 Å². The first-order valence-corrected chi connectivity index (χ1v) is 5.74. The molecule has 112 valence electrons. The first-order valence-electron chi connectivity index (χ1n) is 5.74. The summed E-state index contributed by atoms with van der Waals surface area (Å²) in [6.07, 6.45) is -1.77. The first-order chi connectivity index (χ1) is 9.28. The Hall–Kier alpha value is -2.32. The van der Waals surface area contributed by atoms with E-state index in [0.717, 1.165) is 19.1 Å². The van der Waals surface area contributed by atoms with Crippen LogP contribution in [0.25, 0.3) is 0 Å². The van der Waals surface area contributed by atoms with Gasteiger partial charge in [0.1, 0.15) is 6.42 Å². The van der Waals surface area contributed by atoms with E-state index in [1.54, 1.807) is 0 Å². The molecule has 2 unspecified atom stereocenters. The Balaban J connectivity index is 2.83. The van der Waals surface area contributed by atoms with Crippen molar-refractivity contribution in [2.75, 3.05) is 20.8 Å². The van der Waals surface area contributed by atoms with Gasteiger partial charge in [-0.25, -0.2) is 9.59 Å². The number of likely N-dealkylation sites (tertiary alicyclic amines) is 1. The third kappa shape index (κ3) is 2.65. The van der Waals surface area contributed by atoms with Crippen molar-refractivity contribution in [1.29, 1.82) is 0 Å². The number of hydrogen-bond acceptors (Lipinski definition) is 6. The summed E-state index contributed by atoms with van der Waals surface area (Å²) in [6.45, 7) is 1.23. The van der Waals surface area contributed by atoms with Gasteiger partial charge in [-0.2, -0.15) is 0 Å². The Morgan fingerprint density at radius 1 is 1.30 bits per heavy atom. The molecule has 20 heavy (non-hydrogen) atoms.